The molecule has 1 heterocycles. The van der Waals surface area contributed by atoms with E-state index in [-0.39, 0.29) is 17.2 Å². The summed E-state index contributed by atoms with van der Waals surface area (Å²) in [5.41, 5.74) is 0.448. The van der Waals surface area contributed by atoms with Crippen LogP contribution in [0.15, 0.2) is 65.6 Å². The van der Waals surface area contributed by atoms with Gasteiger partial charge in [0.25, 0.3) is 0 Å². The van der Waals surface area contributed by atoms with Crippen molar-refractivity contribution < 1.29 is 13.2 Å². The molecular weight excluding hydrogens is 334 g/mol. The first-order valence-corrected chi connectivity index (χ1v) is 10.2. The summed E-state index contributed by atoms with van der Waals surface area (Å²) >= 11 is 0. The molecule has 0 N–H and O–H groups in total. The van der Waals surface area contributed by atoms with E-state index in [0.29, 0.717) is 5.56 Å². The zero-order valence-electron chi connectivity index (χ0n) is 14.2. The van der Waals surface area contributed by atoms with E-state index in [9.17, 15) is 13.2 Å². The molecule has 0 aliphatic carbocycles. The van der Waals surface area contributed by atoms with Crippen LogP contribution in [0.1, 0.15) is 29.6 Å². The third kappa shape index (κ3) is 4.17. The van der Waals surface area contributed by atoms with Crippen molar-refractivity contribution in [1.29, 1.82) is 0 Å². The summed E-state index contributed by atoms with van der Waals surface area (Å²) in [6.07, 6.45) is 3.27. The maximum Gasteiger partial charge on any atom is 0.189 e. The summed E-state index contributed by atoms with van der Waals surface area (Å²) in [7, 11) is -3.74. The molecule has 2 aromatic rings. The summed E-state index contributed by atoms with van der Waals surface area (Å²) in [6, 6.07) is 17.0. The number of hydrogen-bond acceptors (Lipinski definition) is 4. The number of sulfone groups is 1. The quantitative estimate of drug-likeness (QED) is 0.745. The van der Waals surface area contributed by atoms with Crippen LogP contribution in [0.3, 0.4) is 0 Å². The number of nitrogens with zero attached hydrogens (tertiary/aromatic N) is 1. The van der Waals surface area contributed by atoms with Crippen LogP contribution in [0.25, 0.3) is 0 Å². The Labute approximate surface area is 149 Å². The normalized spacial score (nSPS) is 17.1. The lowest BCUT2D eigenvalue weighted by molar-refractivity contribution is 0.0963. The van der Waals surface area contributed by atoms with Gasteiger partial charge in [-0.2, -0.15) is 0 Å². The van der Waals surface area contributed by atoms with Gasteiger partial charge in [0.2, 0.25) is 0 Å². The first-order valence-electron chi connectivity index (χ1n) is 8.69. The van der Waals surface area contributed by atoms with E-state index in [1.54, 1.807) is 54.6 Å². The molecule has 25 heavy (non-hydrogen) atoms. The molecule has 0 amide bonds. The number of carbonyl (C=O) groups is 1. The molecule has 2 aromatic carbocycles. The average Bonchev–Trinajstić information content (AvgIpc) is 2.67. The second kappa shape index (κ2) is 7.93. The lowest BCUT2D eigenvalue weighted by Crippen LogP contribution is -2.44. The highest BCUT2D eigenvalue weighted by Gasteiger charge is 2.36. The molecule has 4 nitrogen and oxygen atoms in total. The largest absolute Gasteiger partial charge is 0.302 e. The van der Waals surface area contributed by atoms with Crippen LogP contribution in [-0.2, 0) is 9.84 Å². The van der Waals surface area contributed by atoms with Gasteiger partial charge in [0.1, 0.15) is 5.25 Å². The molecule has 1 atom stereocenters. The van der Waals surface area contributed by atoms with E-state index in [4.69, 9.17) is 0 Å². The Balaban J connectivity index is 1.95. The maximum atomic E-state index is 13.2. The number of rotatable bonds is 6. The molecule has 0 bridgehead atoms. The predicted octanol–water partition coefficient (Wildman–Crippen LogP) is 3.20. The highest BCUT2D eigenvalue weighted by molar-refractivity contribution is 7.92. The molecule has 3 rings (SSSR count). The van der Waals surface area contributed by atoms with Crippen molar-refractivity contribution in [2.75, 3.05) is 19.6 Å². The SMILES string of the molecule is O=C(c1ccccc1)C(CN1CCCCC1)S(=O)(=O)c1ccccc1. The van der Waals surface area contributed by atoms with Crippen molar-refractivity contribution in [2.24, 2.45) is 0 Å². The fourth-order valence-electron chi connectivity index (χ4n) is 3.26. The Morgan fingerprint density at radius 1 is 0.880 bits per heavy atom. The van der Waals surface area contributed by atoms with Crippen molar-refractivity contribution in [1.82, 2.24) is 4.90 Å². The fourth-order valence-corrected chi connectivity index (χ4v) is 4.95. The Bertz CT molecular complexity index is 797. The van der Waals surface area contributed by atoms with Crippen molar-refractivity contribution >= 4 is 15.6 Å². The topological polar surface area (TPSA) is 54.5 Å². The van der Waals surface area contributed by atoms with Gasteiger partial charge in [-0.3, -0.25) is 4.79 Å². The third-order valence-corrected chi connectivity index (χ3v) is 6.71. The molecule has 5 heteroatoms. The molecule has 0 saturated carbocycles. The average molecular weight is 357 g/mol. The Kier molecular flexibility index (Phi) is 5.66. The number of Topliss-reactive ketones (excluding diaryl/α,β-unsaturated/α-hetero) is 1. The molecule has 132 valence electrons. The molecule has 0 radical (unpaired) electrons. The Hall–Kier alpha value is -1.98. The molecule has 1 unspecified atom stereocenters. The predicted molar refractivity (Wildman–Crippen MR) is 98.5 cm³/mol. The minimum atomic E-state index is -3.74. The van der Waals surface area contributed by atoms with Crippen molar-refractivity contribution in [3.05, 3.63) is 66.2 Å². The summed E-state index contributed by atoms with van der Waals surface area (Å²) < 4.78 is 26.3. The standard InChI is InChI=1S/C20H23NO3S/c22-20(17-10-4-1-5-11-17)19(16-21-14-8-3-9-15-21)25(23,24)18-12-6-2-7-13-18/h1-2,4-7,10-13,19H,3,8-9,14-16H2. The zero-order valence-corrected chi connectivity index (χ0v) is 15.0. The Morgan fingerprint density at radius 2 is 1.44 bits per heavy atom. The lowest BCUT2D eigenvalue weighted by atomic mass is 10.1. The molecule has 1 saturated heterocycles. The van der Waals surface area contributed by atoms with Crippen molar-refractivity contribution in [2.45, 2.75) is 29.4 Å². The van der Waals surface area contributed by atoms with Crippen LogP contribution in [0.4, 0.5) is 0 Å². The number of piperidine rings is 1. The number of carbonyl (C=O) groups excluding carboxylic acids is 1. The van der Waals surface area contributed by atoms with Gasteiger partial charge in [-0.25, -0.2) is 8.42 Å². The molecule has 0 spiro atoms. The lowest BCUT2D eigenvalue weighted by Gasteiger charge is -2.29. The molecule has 1 aliphatic heterocycles. The monoisotopic (exact) mass is 357 g/mol. The summed E-state index contributed by atoms with van der Waals surface area (Å²) in [6.45, 7) is 1.96. The number of likely N-dealkylation sites (tertiary alicyclic amines) is 1. The van der Waals surface area contributed by atoms with E-state index >= 15 is 0 Å². The first-order chi connectivity index (χ1) is 12.1. The highest BCUT2D eigenvalue weighted by atomic mass is 32.2. The minimum Gasteiger partial charge on any atom is -0.302 e. The second-order valence-electron chi connectivity index (χ2n) is 6.44. The van der Waals surface area contributed by atoms with E-state index in [1.807, 2.05) is 6.07 Å². The van der Waals surface area contributed by atoms with E-state index < -0.39 is 15.1 Å². The minimum absolute atomic E-state index is 0.210. The molecule has 0 aromatic heterocycles. The van der Waals surface area contributed by atoms with Gasteiger partial charge in [0.15, 0.2) is 15.6 Å². The first kappa shape index (κ1) is 17.8. The molecule has 1 aliphatic rings. The van der Waals surface area contributed by atoms with Crippen LogP contribution in [-0.4, -0.2) is 44.0 Å². The number of hydrogen-bond donors (Lipinski definition) is 0. The van der Waals surface area contributed by atoms with Gasteiger partial charge in [-0.15, -0.1) is 0 Å². The molecule has 1 fully saturated rings. The van der Waals surface area contributed by atoms with E-state index in [2.05, 4.69) is 4.90 Å². The van der Waals surface area contributed by atoms with Gasteiger partial charge in [-0.05, 0) is 38.1 Å². The summed E-state index contributed by atoms with van der Waals surface area (Å²) in [5, 5.41) is -1.07. The van der Waals surface area contributed by atoms with Crippen LogP contribution in [0.2, 0.25) is 0 Å². The van der Waals surface area contributed by atoms with Gasteiger partial charge >= 0.3 is 0 Å². The Morgan fingerprint density at radius 3 is 2.04 bits per heavy atom. The smallest absolute Gasteiger partial charge is 0.189 e. The van der Waals surface area contributed by atoms with Crippen LogP contribution in [0.5, 0.6) is 0 Å². The fraction of sp³-hybridized carbons (Fsp3) is 0.350. The molecular formula is C20H23NO3S. The summed E-state index contributed by atoms with van der Waals surface area (Å²) in [4.78, 5) is 15.3. The van der Waals surface area contributed by atoms with Gasteiger partial charge in [-0.1, -0.05) is 55.0 Å². The highest BCUT2D eigenvalue weighted by Crippen LogP contribution is 2.22. The van der Waals surface area contributed by atoms with Crippen molar-refractivity contribution in [3.63, 3.8) is 0 Å². The second-order valence-corrected chi connectivity index (χ2v) is 8.57. The summed E-state index contributed by atoms with van der Waals surface area (Å²) in [5.74, 6) is -0.324. The zero-order chi connectivity index (χ0) is 17.7. The van der Waals surface area contributed by atoms with Crippen LogP contribution >= 0.6 is 0 Å². The van der Waals surface area contributed by atoms with Gasteiger partial charge in [0.05, 0.1) is 4.90 Å². The number of benzene rings is 2. The van der Waals surface area contributed by atoms with E-state index in [0.717, 1.165) is 25.9 Å². The number of ketones is 1. The van der Waals surface area contributed by atoms with Crippen LogP contribution in [0, 0.1) is 0 Å². The third-order valence-electron chi connectivity index (χ3n) is 4.67. The van der Waals surface area contributed by atoms with Gasteiger partial charge in [0, 0.05) is 12.1 Å². The van der Waals surface area contributed by atoms with Gasteiger partial charge < -0.3 is 4.90 Å². The van der Waals surface area contributed by atoms with E-state index in [1.165, 1.54) is 6.42 Å². The van der Waals surface area contributed by atoms with Crippen molar-refractivity contribution in [3.8, 4) is 0 Å². The van der Waals surface area contributed by atoms with Crippen LogP contribution < -0.4 is 0 Å². The maximum absolute atomic E-state index is 13.2.